The van der Waals surface area contributed by atoms with Crippen molar-refractivity contribution >= 4 is 65.0 Å². The van der Waals surface area contributed by atoms with E-state index in [2.05, 4.69) is 72.3 Å². The number of nitrogens with one attached hydrogen (secondary N) is 11. The second-order valence-corrected chi connectivity index (χ2v) is 22.4. The monoisotopic (exact) mass is 1190 g/mol. The number of carbonyl (C=O) groups is 11. The molecule has 0 aliphatic carbocycles. The highest BCUT2D eigenvalue weighted by molar-refractivity contribution is 5.99. The Bertz CT molecular complexity index is 2290. The lowest BCUT2D eigenvalue weighted by Crippen LogP contribution is -2.61. The molecule has 0 bridgehead atoms. The third-order valence-corrected chi connectivity index (χ3v) is 13.8. The van der Waals surface area contributed by atoms with E-state index in [1.165, 1.54) is 6.92 Å². The summed E-state index contributed by atoms with van der Waals surface area (Å²) in [5.41, 5.74) is 30.0. The van der Waals surface area contributed by atoms with Crippen LogP contribution in [0.1, 0.15) is 125 Å². The molecule has 1 saturated heterocycles. The summed E-state index contributed by atoms with van der Waals surface area (Å²) in [5.74, 6) is -9.35. The molecule has 28 nitrogen and oxygen atoms in total. The predicted molar refractivity (Wildman–Crippen MR) is 315 cm³/mol. The summed E-state index contributed by atoms with van der Waals surface area (Å²) in [6.45, 7) is 11.3. The number of aliphatic hydroxyl groups is 1. The van der Waals surface area contributed by atoms with E-state index in [-0.39, 0.29) is 95.9 Å². The quantitative estimate of drug-likeness (QED) is 0.0353. The summed E-state index contributed by atoms with van der Waals surface area (Å²) in [6, 6.07) is -5.36. The summed E-state index contributed by atoms with van der Waals surface area (Å²) in [4.78, 5) is 154. The molecule has 474 valence electrons. The minimum Gasteiger partial charge on any atom is -0.391 e. The number of aliphatic hydroxyl groups excluding tert-OH is 1. The number of rotatable bonds is 28. The van der Waals surface area contributed by atoms with E-state index in [4.69, 9.17) is 28.7 Å². The lowest BCUT2D eigenvalue weighted by molar-refractivity contribution is -0.136. The van der Waals surface area contributed by atoms with Gasteiger partial charge in [-0.1, -0.05) is 84.7 Å². The molecule has 0 spiro atoms. The van der Waals surface area contributed by atoms with Gasteiger partial charge >= 0.3 is 0 Å². The van der Waals surface area contributed by atoms with Crippen molar-refractivity contribution in [2.24, 2.45) is 46.4 Å². The number of carbonyl (C=O) groups excluding carboxylic acids is 11. The van der Waals surface area contributed by atoms with Crippen LogP contribution in [0.2, 0.25) is 0 Å². The molecule has 1 fully saturated rings. The van der Waals surface area contributed by atoms with Crippen molar-refractivity contribution in [2.45, 2.75) is 192 Å². The molecule has 1 aliphatic heterocycles. The SMILES string of the molecule is CC(C)CCCCC(=O)N[C@@H](CCN)C(=O)N[C@H](C(=O)N[C@@H](CCN)C(=O)N[C@H]1CCNC(=O)[C@H]([C@@H](C)O)NC(=O)[C@H](CCN)NC(=O)[C@H](CCN)NC(=O)[C@H](CC(C)C)NC(=O)[C@@H](Cc2ccccc2)NC(=O)[C@H](CCN)NC1=O)C(C)C. The molecule has 1 aromatic rings. The Kier molecular flexibility index (Phi) is 33.9. The molecule has 84 heavy (non-hydrogen) atoms. The van der Waals surface area contributed by atoms with Gasteiger partial charge in [0.1, 0.15) is 60.4 Å². The van der Waals surface area contributed by atoms with E-state index in [0.717, 1.165) is 12.8 Å². The molecule has 1 heterocycles. The van der Waals surface area contributed by atoms with E-state index >= 15 is 0 Å². The standard InChI is InChI=1S/C56H98N16O12/c1-31(2)13-11-12-16-44(74)63-36(17-23-57)51(79)71-45(33(5)6)56(84)68-39(20-26-60)48(76)67-41-22-28-62-55(83)46(34(7)73)72-52(80)40(21-27-61)65-47(75)37(18-24-58)66-53(81)42(29-32(3)4)69-54(82)43(30-35-14-9-8-10-15-35)70-49(77)38(19-25-59)64-50(41)78/h8-10,14-15,31-34,36-43,45-46,73H,11-13,16-30,57-61H2,1-7H3,(H,62,83)(H,63,74)(H,64,78)(H,65,75)(H,66,81)(H,67,76)(H,68,84)(H,69,82)(H,70,77)(H,71,79)(H,72,80)/t34-,36+,37+,38+,39+,40+,41+,42+,43-,45+,46+/m1/s1. The van der Waals surface area contributed by atoms with E-state index in [0.29, 0.717) is 17.9 Å². The number of hydrogen-bond acceptors (Lipinski definition) is 17. The van der Waals surface area contributed by atoms with Gasteiger partial charge in [0.25, 0.3) is 0 Å². The fraction of sp³-hybridized carbons (Fsp3) is 0.696. The Morgan fingerprint density at radius 1 is 0.536 bits per heavy atom. The molecular weight excluding hydrogens is 1090 g/mol. The van der Waals surface area contributed by atoms with Crippen LogP contribution in [-0.4, -0.2) is 176 Å². The van der Waals surface area contributed by atoms with Gasteiger partial charge in [-0.15, -0.1) is 0 Å². The first-order chi connectivity index (χ1) is 39.8. The fourth-order valence-corrected chi connectivity index (χ4v) is 9.11. The number of nitrogens with two attached hydrogens (primary N) is 5. The maximum atomic E-state index is 14.6. The highest BCUT2D eigenvalue weighted by atomic mass is 16.3. The van der Waals surface area contributed by atoms with Gasteiger partial charge in [0, 0.05) is 19.4 Å². The average Bonchev–Trinajstić information content (AvgIpc) is 3.63. The Morgan fingerprint density at radius 2 is 1.02 bits per heavy atom. The smallest absolute Gasteiger partial charge is 0.245 e. The minimum atomic E-state index is -1.67. The van der Waals surface area contributed by atoms with E-state index in [1.54, 1.807) is 58.0 Å². The van der Waals surface area contributed by atoms with Crippen molar-refractivity contribution < 1.29 is 57.8 Å². The molecule has 2 rings (SSSR count). The Labute approximate surface area is 493 Å². The maximum Gasteiger partial charge on any atom is 0.245 e. The molecule has 22 N–H and O–H groups in total. The van der Waals surface area contributed by atoms with Crippen molar-refractivity contribution in [3.8, 4) is 0 Å². The summed E-state index contributed by atoms with van der Waals surface area (Å²) < 4.78 is 0. The Hall–Kier alpha value is -6.85. The van der Waals surface area contributed by atoms with Crippen LogP contribution in [0.15, 0.2) is 30.3 Å². The van der Waals surface area contributed by atoms with Crippen LogP contribution in [0.25, 0.3) is 0 Å². The van der Waals surface area contributed by atoms with Crippen molar-refractivity contribution in [3.63, 3.8) is 0 Å². The van der Waals surface area contributed by atoms with Crippen LogP contribution in [0.5, 0.6) is 0 Å². The first-order valence-corrected chi connectivity index (χ1v) is 29.3. The predicted octanol–water partition coefficient (Wildman–Crippen LogP) is -4.36. The molecule has 11 atom stereocenters. The van der Waals surface area contributed by atoms with Crippen molar-refractivity contribution in [3.05, 3.63) is 35.9 Å². The highest BCUT2D eigenvalue weighted by Crippen LogP contribution is 2.13. The second-order valence-electron chi connectivity index (χ2n) is 22.4. The number of unbranched alkanes of at least 4 members (excludes halogenated alkanes) is 1. The van der Waals surface area contributed by atoms with Gasteiger partial charge < -0.3 is 92.3 Å². The van der Waals surface area contributed by atoms with E-state index < -0.39 is 144 Å². The zero-order chi connectivity index (χ0) is 63.1. The normalized spacial score (nSPS) is 22.4. The van der Waals surface area contributed by atoms with Gasteiger partial charge in [-0.2, -0.15) is 0 Å². The van der Waals surface area contributed by atoms with Crippen molar-refractivity contribution in [1.82, 2.24) is 58.5 Å². The van der Waals surface area contributed by atoms with E-state index in [1.807, 2.05) is 0 Å². The lowest BCUT2D eigenvalue weighted by atomic mass is 10.00. The maximum absolute atomic E-state index is 14.6. The lowest BCUT2D eigenvalue weighted by Gasteiger charge is -2.29. The van der Waals surface area contributed by atoms with Crippen LogP contribution in [0, 0.1) is 17.8 Å². The molecule has 0 radical (unpaired) electrons. The van der Waals surface area contributed by atoms with Gasteiger partial charge in [0.2, 0.25) is 65.0 Å². The molecule has 0 aromatic heterocycles. The van der Waals surface area contributed by atoms with Crippen LogP contribution in [0.3, 0.4) is 0 Å². The number of amides is 11. The van der Waals surface area contributed by atoms with Crippen molar-refractivity contribution in [2.75, 3.05) is 39.3 Å². The summed E-state index contributed by atoms with van der Waals surface area (Å²) >= 11 is 0. The van der Waals surface area contributed by atoms with Crippen LogP contribution in [-0.2, 0) is 59.2 Å². The zero-order valence-electron chi connectivity index (χ0n) is 50.0. The van der Waals surface area contributed by atoms with Crippen LogP contribution >= 0.6 is 0 Å². The molecule has 28 heteroatoms. The molecule has 11 amide bonds. The number of hydrogen-bond donors (Lipinski definition) is 17. The first-order valence-electron chi connectivity index (χ1n) is 29.3. The number of benzene rings is 1. The molecule has 1 aliphatic rings. The highest BCUT2D eigenvalue weighted by Gasteiger charge is 2.37. The van der Waals surface area contributed by atoms with Gasteiger partial charge in [0.05, 0.1) is 6.10 Å². The van der Waals surface area contributed by atoms with Gasteiger partial charge in [-0.3, -0.25) is 52.7 Å². The molecule has 0 saturated carbocycles. The largest absolute Gasteiger partial charge is 0.391 e. The third kappa shape index (κ3) is 26.4. The Morgan fingerprint density at radius 3 is 1.52 bits per heavy atom. The molecule has 0 unspecified atom stereocenters. The third-order valence-electron chi connectivity index (χ3n) is 13.8. The summed E-state index contributed by atoms with van der Waals surface area (Å²) in [5, 5.41) is 39.5. The topological polar surface area (TPSA) is 470 Å². The summed E-state index contributed by atoms with van der Waals surface area (Å²) in [7, 11) is 0. The molecule has 1 aromatic carbocycles. The second kappa shape index (κ2) is 38.9. The van der Waals surface area contributed by atoms with Gasteiger partial charge in [0.15, 0.2) is 0 Å². The first kappa shape index (κ1) is 73.3. The Balaban J connectivity index is 2.69. The van der Waals surface area contributed by atoms with E-state index in [9.17, 15) is 57.8 Å². The fourth-order valence-electron chi connectivity index (χ4n) is 9.11. The van der Waals surface area contributed by atoms with Crippen molar-refractivity contribution in [1.29, 1.82) is 0 Å². The minimum absolute atomic E-state index is 0.0377. The zero-order valence-corrected chi connectivity index (χ0v) is 50.0. The van der Waals surface area contributed by atoms with Crippen LogP contribution < -0.4 is 87.2 Å². The molecular formula is C56H98N16O12. The van der Waals surface area contributed by atoms with Crippen LogP contribution in [0.4, 0.5) is 0 Å². The summed E-state index contributed by atoms with van der Waals surface area (Å²) in [6.07, 6.45) is -0.0884. The van der Waals surface area contributed by atoms with Gasteiger partial charge in [-0.25, -0.2) is 0 Å². The van der Waals surface area contributed by atoms with Gasteiger partial charge in [-0.05, 0) is 114 Å². The average molecular weight is 1190 g/mol.